The molecule has 0 aliphatic carbocycles. The molecule has 1 radical (unpaired) electrons. The summed E-state index contributed by atoms with van der Waals surface area (Å²) in [5, 5.41) is 7.86. The standard InChI is InChI=1S/C9H19N2.Re/c1-8(2)5-11-7-9-3-4-10-6-9;/h8-10H,3-7H2,1-2H3;/q-1;. The Morgan fingerprint density at radius 2 is 2.25 bits per heavy atom. The molecule has 0 amide bonds. The van der Waals surface area contributed by atoms with Gasteiger partial charge in [-0.25, -0.2) is 0 Å². The minimum atomic E-state index is 0. The van der Waals surface area contributed by atoms with Crippen LogP contribution in [-0.2, 0) is 20.4 Å². The third-order valence-electron chi connectivity index (χ3n) is 2.04. The van der Waals surface area contributed by atoms with Gasteiger partial charge in [0.25, 0.3) is 0 Å². The Bertz CT molecular complexity index is 101. The molecule has 1 saturated heterocycles. The van der Waals surface area contributed by atoms with E-state index in [1.54, 1.807) is 0 Å². The monoisotopic (exact) mass is 342 g/mol. The van der Waals surface area contributed by atoms with E-state index in [0.29, 0.717) is 0 Å². The predicted octanol–water partition coefficient (Wildman–Crippen LogP) is 1.62. The molecule has 1 N–H and O–H groups in total. The number of nitrogens with one attached hydrogen (secondary N) is 1. The van der Waals surface area contributed by atoms with Crippen molar-refractivity contribution < 1.29 is 20.4 Å². The van der Waals surface area contributed by atoms with Crippen molar-refractivity contribution in [2.75, 3.05) is 26.2 Å². The van der Waals surface area contributed by atoms with Gasteiger partial charge >= 0.3 is 0 Å². The molecule has 1 atom stereocenters. The first-order valence-corrected chi connectivity index (χ1v) is 4.63. The molecule has 12 heavy (non-hydrogen) atoms. The van der Waals surface area contributed by atoms with E-state index in [9.17, 15) is 0 Å². The Labute approximate surface area is 89.5 Å². The molecule has 2 nitrogen and oxygen atoms in total. The minimum Gasteiger partial charge on any atom is -0.662 e. The molecular weight excluding hydrogens is 322 g/mol. The molecule has 1 rings (SSSR count). The third kappa shape index (κ3) is 5.27. The van der Waals surface area contributed by atoms with Crippen LogP contribution < -0.4 is 5.32 Å². The average molecular weight is 341 g/mol. The van der Waals surface area contributed by atoms with Gasteiger partial charge in [0.15, 0.2) is 0 Å². The largest absolute Gasteiger partial charge is 0.662 e. The fourth-order valence-corrected chi connectivity index (χ4v) is 1.39. The van der Waals surface area contributed by atoms with E-state index in [1.165, 1.54) is 19.5 Å². The maximum atomic E-state index is 4.51. The van der Waals surface area contributed by atoms with Gasteiger partial charge in [-0.3, -0.25) is 0 Å². The van der Waals surface area contributed by atoms with Gasteiger partial charge in [-0.2, -0.15) is 0 Å². The molecule has 73 valence electrons. The normalized spacial score (nSPS) is 22.8. The van der Waals surface area contributed by atoms with Crippen molar-refractivity contribution in [3.05, 3.63) is 5.32 Å². The number of hydrogen-bond donors (Lipinski definition) is 1. The first-order chi connectivity index (χ1) is 5.29. The van der Waals surface area contributed by atoms with E-state index in [2.05, 4.69) is 24.5 Å². The first kappa shape index (κ1) is 12.6. The third-order valence-corrected chi connectivity index (χ3v) is 2.04. The molecule has 0 spiro atoms. The summed E-state index contributed by atoms with van der Waals surface area (Å²) >= 11 is 0. The molecular formula is C9H19N2Re-. The van der Waals surface area contributed by atoms with Gasteiger partial charge in [-0.1, -0.05) is 19.8 Å². The van der Waals surface area contributed by atoms with Crippen LogP contribution in [0.1, 0.15) is 20.3 Å². The van der Waals surface area contributed by atoms with Crippen LogP contribution in [0.5, 0.6) is 0 Å². The van der Waals surface area contributed by atoms with Gasteiger partial charge in [-0.15, -0.1) is 13.1 Å². The molecule has 1 heterocycles. The number of nitrogens with zero attached hydrogens (tertiary/aromatic N) is 1. The Morgan fingerprint density at radius 3 is 2.75 bits per heavy atom. The quantitative estimate of drug-likeness (QED) is 0.826. The maximum absolute atomic E-state index is 4.51. The Hall–Kier alpha value is 0.582. The molecule has 0 bridgehead atoms. The summed E-state index contributed by atoms with van der Waals surface area (Å²) < 4.78 is 0. The van der Waals surface area contributed by atoms with Crippen LogP contribution >= 0.6 is 0 Å². The molecule has 3 heteroatoms. The van der Waals surface area contributed by atoms with Gasteiger partial charge in [0.1, 0.15) is 0 Å². The van der Waals surface area contributed by atoms with Gasteiger partial charge in [0, 0.05) is 20.4 Å². The van der Waals surface area contributed by atoms with Crippen LogP contribution in [0.25, 0.3) is 5.32 Å². The molecule has 0 aromatic heterocycles. The second-order valence-corrected chi connectivity index (χ2v) is 3.84. The van der Waals surface area contributed by atoms with Crippen molar-refractivity contribution in [2.24, 2.45) is 11.8 Å². The maximum Gasteiger partial charge on any atom is 0 e. The van der Waals surface area contributed by atoms with Crippen LogP contribution in [0.3, 0.4) is 0 Å². The van der Waals surface area contributed by atoms with Crippen molar-refractivity contribution in [3.8, 4) is 0 Å². The van der Waals surface area contributed by atoms with E-state index in [4.69, 9.17) is 0 Å². The van der Waals surface area contributed by atoms with E-state index in [-0.39, 0.29) is 20.4 Å². The fraction of sp³-hybridized carbons (Fsp3) is 1.00. The SMILES string of the molecule is CC(C)C[N-]CC1CCNC1.[Re]. The van der Waals surface area contributed by atoms with Crippen LogP contribution in [0, 0.1) is 11.8 Å². The van der Waals surface area contributed by atoms with Gasteiger partial charge < -0.3 is 10.6 Å². The summed E-state index contributed by atoms with van der Waals surface area (Å²) in [5.74, 6) is 1.55. The molecule has 1 aliphatic heterocycles. The van der Waals surface area contributed by atoms with Crippen molar-refractivity contribution in [3.63, 3.8) is 0 Å². The first-order valence-electron chi connectivity index (χ1n) is 4.63. The zero-order chi connectivity index (χ0) is 8.10. The summed E-state index contributed by atoms with van der Waals surface area (Å²) in [7, 11) is 0. The predicted molar refractivity (Wildman–Crippen MR) is 48.9 cm³/mol. The molecule has 0 aromatic rings. The van der Waals surface area contributed by atoms with Crippen molar-refractivity contribution in [1.82, 2.24) is 5.32 Å². The van der Waals surface area contributed by atoms with E-state index in [1.807, 2.05) is 0 Å². The van der Waals surface area contributed by atoms with E-state index in [0.717, 1.165) is 24.9 Å². The zero-order valence-electron chi connectivity index (χ0n) is 8.02. The minimum absolute atomic E-state index is 0. The van der Waals surface area contributed by atoms with E-state index >= 15 is 0 Å². The molecule has 1 unspecified atom stereocenters. The van der Waals surface area contributed by atoms with Crippen molar-refractivity contribution in [2.45, 2.75) is 20.3 Å². The van der Waals surface area contributed by atoms with E-state index < -0.39 is 0 Å². The summed E-state index contributed by atoms with van der Waals surface area (Å²) in [6, 6.07) is 0. The zero-order valence-corrected chi connectivity index (χ0v) is 10.7. The Kier molecular flexibility index (Phi) is 7.37. The fourth-order valence-electron chi connectivity index (χ4n) is 1.39. The van der Waals surface area contributed by atoms with Gasteiger partial charge in [0.05, 0.1) is 0 Å². The molecule has 1 aliphatic rings. The second-order valence-electron chi connectivity index (χ2n) is 3.84. The smallest absolute Gasteiger partial charge is 0 e. The van der Waals surface area contributed by atoms with Crippen LogP contribution in [0.4, 0.5) is 0 Å². The van der Waals surface area contributed by atoms with Crippen LogP contribution in [0.2, 0.25) is 0 Å². The molecule has 1 fully saturated rings. The summed E-state index contributed by atoms with van der Waals surface area (Å²) in [6.07, 6.45) is 1.32. The summed E-state index contributed by atoms with van der Waals surface area (Å²) in [6.45, 7) is 8.93. The Balaban J connectivity index is 0.00000121. The summed E-state index contributed by atoms with van der Waals surface area (Å²) in [5.41, 5.74) is 0. The Morgan fingerprint density at radius 1 is 1.50 bits per heavy atom. The number of hydrogen-bond acceptors (Lipinski definition) is 1. The second kappa shape index (κ2) is 7.03. The number of rotatable bonds is 4. The topological polar surface area (TPSA) is 26.1 Å². The average Bonchev–Trinajstić information content (AvgIpc) is 2.39. The van der Waals surface area contributed by atoms with Crippen molar-refractivity contribution >= 4 is 0 Å². The molecule has 0 saturated carbocycles. The molecule has 0 aromatic carbocycles. The van der Waals surface area contributed by atoms with Crippen LogP contribution in [-0.4, -0.2) is 26.2 Å². The van der Waals surface area contributed by atoms with Crippen molar-refractivity contribution in [1.29, 1.82) is 0 Å². The van der Waals surface area contributed by atoms with Gasteiger partial charge in [0.2, 0.25) is 0 Å². The van der Waals surface area contributed by atoms with Crippen LogP contribution in [0.15, 0.2) is 0 Å². The summed E-state index contributed by atoms with van der Waals surface area (Å²) in [4.78, 5) is 0. The van der Waals surface area contributed by atoms with Gasteiger partial charge in [-0.05, 0) is 25.4 Å².